The third-order valence-corrected chi connectivity index (χ3v) is 4.01. The highest BCUT2D eigenvalue weighted by molar-refractivity contribution is 6.33. The van der Waals surface area contributed by atoms with Crippen molar-refractivity contribution >= 4 is 17.5 Å². The molecule has 0 saturated carbocycles. The van der Waals surface area contributed by atoms with Gasteiger partial charge in [-0.15, -0.1) is 0 Å². The lowest BCUT2D eigenvalue weighted by Gasteiger charge is -2.24. The summed E-state index contributed by atoms with van der Waals surface area (Å²) < 4.78 is 13.7. The second kappa shape index (κ2) is 5.88. The number of hydrogen-bond acceptors (Lipinski definition) is 3. The first kappa shape index (κ1) is 14.7. The minimum Gasteiger partial charge on any atom is -0.349 e. The first-order valence-corrected chi connectivity index (χ1v) is 7.25. The zero-order chi connectivity index (χ0) is 15.7. The Hall–Kier alpha value is -2.21. The zero-order valence-corrected chi connectivity index (χ0v) is 12.3. The van der Waals surface area contributed by atoms with E-state index in [-0.39, 0.29) is 22.2 Å². The molecule has 0 spiro atoms. The Balaban J connectivity index is 1.77. The van der Waals surface area contributed by atoms with Crippen LogP contribution in [-0.2, 0) is 12.8 Å². The van der Waals surface area contributed by atoms with E-state index in [2.05, 4.69) is 15.5 Å². The summed E-state index contributed by atoms with van der Waals surface area (Å²) in [5.41, 5.74) is 1.20. The minimum absolute atomic E-state index is 0.0758. The fourth-order valence-corrected chi connectivity index (χ4v) is 2.88. The van der Waals surface area contributed by atoms with Gasteiger partial charge in [-0.25, -0.2) is 9.49 Å². The lowest BCUT2D eigenvalue weighted by molar-refractivity contribution is 0.0929. The molecule has 1 aromatic carbocycles. The monoisotopic (exact) mass is 321 g/mol. The van der Waals surface area contributed by atoms with Crippen LogP contribution in [0, 0.1) is 5.82 Å². The van der Waals surface area contributed by atoms with Crippen LogP contribution in [0.5, 0.6) is 0 Å². The molecule has 1 amide bonds. The summed E-state index contributed by atoms with van der Waals surface area (Å²) in [6.45, 7) is 0. The maximum Gasteiger partial charge on any atom is 0.264 e. The lowest BCUT2D eigenvalue weighted by atomic mass is 9.92. The van der Waals surface area contributed by atoms with Crippen molar-refractivity contribution in [3.05, 3.63) is 62.3 Å². The Bertz CT molecular complexity index is 770. The molecule has 1 unspecified atom stereocenters. The largest absolute Gasteiger partial charge is 0.349 e. The van der Waals surface area contributed by atoms with Gasteiger partial charge in [0.2, 0.25) is 0 Å². The average molecular weight is 322 g/mol. The highest BCUT2D eigenvalue weighted by atomic mass is 35.5. The first-order valence-electron chi connectivity index (χ1n) is 6.87. The second-order valence-corrected chi connectivity index (χ2v) is 5.62. The van der Waals surface area contributed by atoms with Crippen molar-refractivity contribution in [3.8, 4) is 0 Å². The summed E-state index contributed by atoms with van der Waals surface area (Å²) in [6, 6.07) is 5.42. The number of carbonyl (C=O) groups excluding carboxylic acids is 1. The van der Waals surface area contributed by atoms with Gasteiger partial charge < -0.3 is 5.32 Å². The number of aromatic amines is 1. The van der Waals surface area contributed by atoms with Crippen LogP contribution in [0.25, 0.3) is 0 Å². The number of nitrogens with zero attached hydrogens (tertiary/aromatic N) is 1. The number of aryl methyl sites for hydroxylation is 1. The van der Waals surface area contributed by atoms with Crippen molar-refractivity contribution in [2.45, 2.75) is 25.3 Å². The number of aromatic nitrogens is 2. The molecule has 2 aromatic rings. The smallest absolute Gasteiger partial charge is 0.264 e. The predicted molar refractivity (Wildman–Crippen MR) is 79.5 cm³/mol. The maximum atomic E-state index is 13.7. The summed E-state index contributed by atoms with van der Waals surface area (Å²) in [5, 5.41) is 9.23. The van der Waals surface area contributed by atoms with Gasteiger partial charge in [-0.05, 0) is 37.0 Å². The number of halogens is 2. The van der Waals surface area contributed by atoms with Gasteiger partial charge in [-0.1, -0.05) is 17.7 Å². The fourth-order valence-electron chi connectivity index (χ4n) is 2.64. The molecule has 0 fully saturated rings. The standard InChI is InChI=1S/C15H13ClFN3O2/c16-10-2-1-3-11(17)14(10)15(22)18-9-4-5-12-8(6-9)7-13(21)20-19-12/h1-3,7,9H,4-6H2,(H,18,22)(H,20,21). The Morgan fingerprint density at radius 1 is 1.45 bits per heavy atom. The number of nitrogens with one attached hydrogen (secondary N) is 2. The maximum absolute atomic E-state index is 13.7. The second-order valence-electron chi connectivity index (χ2n) is 5.21. The molecule has 0 aliphatic heterocycles. The van der Waals surface area contributed by atoms with Gasteiger partial charge in [0.15, 0.2) is 0 Å². The molecule has 1 heterocycles. The molecule has 114 valence electrons. The Morgan fingerprint density at radius 2 is 2.27 bits per heavy atom. The first-order chi connectivity index (χ1) is 10.5. The molecular formula is C15H13ClFN3O2. The molecule has 0 bridgehead atoms. The Morgan fingerprint density at radius 3 is 3.05 bits per heavy atom. The molecule has 1 aliphatic carbocycles. The van der Waals surface area contributed by atoms with E-state index in [4.69, 9.17) is 11.6 Å². The van der Waals surface area contributed by atoms with Crippen molar-refractivity contribution in [2.75, 3.05) is 0 Å². The molecule has 2 N–H and O–H groups in total. The molecule has 3 rings (SSSR count). The lowest BCUT2D eigenvalue weighted by Crippen LogP contribution is -2.40. The fraction of sp³-hybridized carbons (Fsp3) is 0.267. The van der Waals surface area contributed by atoms with Gasteiger partial charge in [-0.2, -0.15) is 5.10 Å². The van der Waals surface area contributed by atoms with Gasteiger partial charge >= 0.3 is 0 Å². The number of carbonyl (C=O) groups is 1. The molecular weight excluding hydrogens is 309 g/mol. The van der Waals surface area contributed by atoms with Crippen LogP contribution in [-0.4, -0.2) is 22.1 Å². The molecule has 7 heteroatoms. The minimum atomic E-state index is -0.653. The number of amides is 1. The SMILES string of the molecule is O=C(NC1CCc2n[nH]c(=O)cc2C1)c1c(F)cccc1Cl. The van der Waals surface area contributed by atoms with Crippen LogP contribution in [0.15, 0.2) is 29.1 Å². The van der Waals surface area contributed by atoms with Crippen LogP contribution in [0.4, 0.5) is 4.39 Å². The third kappa shape index (κ3) is 2.87. The molecule has 22 heavy (non-hydrogen) atoms. The summed E-state index contributed by atoms with van der Waals surface area (Å²) in [7, 11) is 0. The van der Waals surface area contributed by atoms with Crippen LogP contribution in [0.2, 0.25) is 5.02 Å². The number of H-pyrrole nitrogens is 1. The quantitative estimate of drug-likeness (QED) is 0.886. The Kier molecular flexibility index (Phi) is 3.94. The van der Waals surface area contributed by atoms with Crippen LogP contribution >= 0.6 is 11.6 Å². The van der Waals surface area contributed by atoms with E-state index in [1.807, 2.05) is 0 Å². The van der Waals surface area contributed by atoms with Crippen LogP contribution < -0.4 is 10.9 Å². The van der Waals surface area contributed by atoms with Gasteiger partial charge in [0.05, 0.1) is 16.3 Å². The Labute approximate surface area is 130 Å². The molecule has 0 radical (unpaired) electrons. The van der Waals surface area contributed by atoms with E-state index < -0.39 is 11.7 Å². The number of rotatable bonds is 2. The van der Waals surface area contributed by atoms with E-state index >= 15 is 0 Å². The van der Waals surface area contributed by atoms with Crippen molar-refractivity contribution in [3.63, 3.8) is 0 Å². The van der Waals surface area contributed by atoms with E-state index in [0.717, 1.165) is 11.3 Å². The zero-order valence-electron chi connectivity index (χ0n) is 11.5. The molecule has 1 aromatic heterocycles. The molecule has 0 saturated heterocycles. The predicted octanol–water partition coefficient (Wildman–Crippen LogP) is 1.85. The van der Waals surface area contributed by atoms with Crippen molar-refractivity contribution in [1.29, 1.82) is 0 Å². The van der Waals surface area contributed by atoms with Gasteiger partial charge in [0.25, 0.3) is 11.5 Å². The van der Waals surface area contributed by atoms with E-state index in [1.165, 1.54) is 24.3 Å². The van der Waals surface area contributed by atoms with Gasteiger partial charge in [0.1, 0.15) is 5.82 Å². The van der Waals surface area contributed by atoms with E-state index in [9.17, 15) is 14.0 Å². The molecule has 1 atom stereocenters. The topological polar surface area (TPSA) is 74.8 Å². The van der Waals surface area contributed by atoms with Crippen molar-refractivity contribution < 1.29 is 9.18 Å². The number of fused-ring (bicyclic) bond motifs is 1. The molecule has 1 aliphatic rings. The normalized spacial score (nSPS) is 16.9. The van der Waals surface area contributed by atoms with Crippen molar-refractivity contribution in [2.24, 2.45) is 0 Å². The average Bonchev–Trinajstić information content (AvgIpc) is 2.46. The summed E-state index contributed by atoms with van der Waals surface area (Å²) in [4.78, 5) is 23.5. The number of hydrogen-bond donors (Lipinski definition) is 2. The highest BCUT2D eigenvalue weighted by Gasteiger charge is 2.24. The highest BCUT2D eigenvalue weighted by Crippen LogP contribution is 2.21. The van der Waals surface area contributed by atoms with Crippen LogP contribution in [0.3, 0.4) is 0 Å². The molecule has 5 nitrogen and oxygen atoms in total. The van der Waals surface area contributed by atoms with Crippen molar-refractivity contribution in [1.82, 2.24) is 15.5 Å². The summed E-state index contributed by atoms with van der Waals surface area (Å²) in [5.74, 6) is -1.20. The van der Waals surface area contributed by atoms with Crippen LogP contribution in [0.1, 0.15) is 28.0 Å². The number of benzene rings is 1. The summed E-state index contributed by atoms with van der Waals surface area (Å²) >= 11 is 5.89. The van der Waals surface area contributed by atoms with E-state index in [1.54, 1.807) is 0 Å². The van der Waals surface area contributed by atoms with E-state index in [0.29, 0.717) is 19.3 Å². The van der Waals surface area contributed by atoms with Gasteiger partial charge in [0, 0.05) is 12.1 Å². The van der Waals surface area contributed by atoms with Gasteiger partial charge in [-0.3, -0.25) is 9.59 Å². The summed E-state index contributed by atoms with van der Waals surface area (Å²) in [6.07, 6.45) is 1.80. The third-order valence-electron chi connectivity index (χ3n) is 3.70.